The van der Waals surface area contributed by atoms with Crippen molar-refractivity contribution in [3.8, 4) is 0 Å². The van der Waals surface area contributed by atoms with Crippen LogP contribution in [0.2, 0.25) is 0 Å². The zero-order valence-corrected chi connectivity index (χ0v) is 13.4. The molecular weight excluding hydrogens is 290 g/mol. The number of hydrogen-bond donors (Lipinski definition) is 2. The Kier molecular flexibility index (Phi) is 5.52. The summed E-state index contributed by atoms with van der Waals surface area (Å²) in [5, 5.41) is 11.8. The topological polar surface area (TPSA) is 66.4 Å². The van der Waals surface area contributed by atoms with Crippen LogP contribution >= 0.6 is 0 Å². The third kappa shape index (κ3) is 4.42. The van der Waals surface area contributed by atoms with Crippen LogP contribution < -0.4 is 5.32 Å². The van der Waals surface area contributed by atoms with Crippen molar-refractivity contribution >= 4 is 17.6 Å². The van der Waals surface area contributed by atoms with Crippen LogP contribution in [0.3, 0.4) is 0 Å². The van der Waals surface area contributed by atoms with Crippen molar-refractivity contribution in [2.45, 2.75) is 32.6 Å². The highest BCUT2D eigenvalue weighted by Gasteiger charge is 2.13. The van der Waals surface area contributed by atoms with Crippen molar-refractivity contribution in [1.29, 1.82) is 0 Å². The molecule has 0 saturated heterocycles. The molecule has 1 amide bonds. The standard InChI is InChI=1S/C19H21NO3/c1-3-14-6-4-5-7-16(14)12-18(21)20-17-10-8-15(9-11-17)13(2)19(22)23/h4-11,13H,3,12H2,1-2H3,(H,20,21)(H,22,23). The summed E-state index contributed by atoms with van der Waals surface area (Å²) >= 11 is 0. The Balaban J connectivity index is 2.02. The highest BCUT2D eigenvalue weighted by atomic mass is 16.4. The van der Waals surface area contributed by atoms with Gasteiger partial charge in [0.05, 0.1) is 12.3 Å². The van der Waals surface area contributed by atoms with Crippen molar-refractivity contribution in [1.82, 2.24) is 0 Å². The van der Waals surface area contributed by atoms with Gasteiger partial charge in [-0.2, -0.15) is 0 Å². The van der Waals surface area contributed by atoms with Crippen molar-refractivity contribution in [2.24, 2.45) is 0 Å². The second kappa shape index (κ2) is 7.58. The van der Waals surface area contributed by atoms with E-state index in [0.29, 0.717) is 17.7 Å². The molecule has 2 aromatic rings. The van der Waals surface area contributed by atoms with E-state index >= 15 is 0 Å². The molecule has 0 aromatic heterocycles. The van der Waals surface area contributed by atoms with Crippen molar-refractivity contribution in [3.63, 3.8) is 0 Å². The fraction of sp³-hybridized carbons (Fsp3) is 0.263. The summed E-state index contributed by atoms with van der Waals surface area (Å²) in [6.07, 6.45) is 1.22. The molecule has 120 valence electrons. The minimum absolute atomic E-state index is 0.0788. The van der Waals surface area contributed by atoms with E-state index < -0.39 is 11.9 Å². The Bertz CT molecular complexity index is 692. The van der Waals surface area contributed by atoms with E-state index in [9.17, 15) is 9.59 Å². The summed E-state index contributed by atoms with van der Waals surface area (Å²) in [4.78, 5) is 23.1. The number of carboxylic acid groups (broad SMARTS) is 1. The summed E-state index contributed by atoms with van der Waals surface area (Å²) < 4.78 is 0. The Hall–Kier alpha value is -2.62. The van der Waals surface area contributed by atoms with Gasteiger partial charge < -0.3 is 10.4 Å². The SMILES string of the molecule is CCc1ccccc1CC(=O)Nc1ccc(C(C)C(=O)O)cc1. The van der Waals surface area contributed by atoms with Gasteiger partial charge in [0.2, 0.25) is 5.91 Å². The van der Waals surface area contributed by atoms with Crippen molar-refractivity contribution in [3.05, 3.63) is 65.2 Å². The highest BCUT2D eigenvalue weighted by molar-refractivity contribution is 5.92. The predicted octanol–water partition coefficient (Wildman–Crippen LogP) is 3.62. The van der Waals surface area contributed by atoms with Crippen LogP contribution in [0.4, 0.5) is 5.69 Å². The van der Waals surface area contributed by atoms with Crippen LogP contribution in [0, 0.1) is 0 Å². The Morgan fingerprint density at radius 3 is 2.22 bits per heavy atom. The molecule has 0 spiro atoms. The van der Waals surface area contributed by atoms with Gasteiger partial charge in [0.15, 0.2) is 0 Å². The average molecular weight is 311 g/mol. The largest absolute Gasteiger partial charge is 0.481 e. The first kappa shape index (κ1) is 16.7. The molecule has 0 bridgehead atoms. The van der Waals surface area contributed by atoms with E-state index in [2.05, 4.69) is 12.2 Å². The van der Waals surface area contributed by atoms with Crippen LogP contribution in [0.15, 0.2) is 48.5 Å². The zero-order valence-electron chi connectivity index (χ0n) is 13.4. The number of amides is 1. The van der Waals surface area contributed by atoms with Gasteiger partial charge in [-0.15, -0.1) is 0 Å². The summed E-state index contributed by atoms with van der Waals surface area (Å²) in [7, 11) is 0. The van der Waals surface area contributed by atoms with Gasteiger partial charge in [-0.05, 0) is 42.2 Å². The minimum atomic E-state index is -0.863. The zero-order chi connectivity index (χ0) is 16.8. The molecule has 1 unspecified atom stereocenters. The van der Waals surface area contributed by atoms with Crippen LogP contribution in [-0.2, 0) is 22.4 Å². The van der Waals surface area contributed by atoms with E-state index in [0.717, 1.165) is 12.0 Å². The average Bonchev–Trinajstić information content (AvgIpc) is 2.55. The van der Waals surface area contributed by atoms with E-state index in [1.54, 1.807) is 31.2 Å². The third-order valence-corrected chi connectivity index (χ3v) is 3.92. The molecule has 1 atom stereocenters. The van der Waals surface area contributed by atoms with Crippen LogP contribution in [-0.4, -0.2) is 17.0 Å². The fourth-order valence-corrected chi connectivity index (χ4v) is 2.45. The summed E-state index contributed by atoms with van der Waals surface area (Å²) in [5.41, 5.74) is 3.59. The van der Waals surface area contributed by atoms with Gasteiger partial charge in [0.1, 0.15) is 0 Å². The predicted molar refractivity (Wildman–Crippen MR) is 90.6 cm³/mol. The number of nitrogens with one attached hydrogen (secondary N) is 1. The number of benzene rings is 2. The second-order valence-corrected chi connectivity index (χ2v) is 5.53. The molecule has 0 fully saturated rings. The van der Waals surface area contributed by atoms with Gasteiger partial charge in [-0.25, -0.2) is 0 Å². The van der Waals surface area contributed by atoms with Gasteiger partial charge in [-0.1, -0.05) is 43.3 Å². The Morgan fingerprint density at radius 1 is 1.04 bits per heavy atom. The van der Waals surface area contributed by atoms with Gasteiger partial charge in [0, 0.05) is 5.69 Å². The number of carboxylic acids is 1. The van der Waals surface area contributed by atoms with Gasteiger partial charge in [0.25, 0.3) is 0 Å². The maximum absolute atomic E-state index is 12.2. The molecular formula is C19H21NO3. The van der Waals surface area contributed by atoms with E-state index in [4.69, 9.17) is 5.11 Å². The number of aryl methyl sites for hydroxylation is 1. The lowest BCUT2D eigenvalue weighted by atomic mass is 10.0. The quantitative estimate of drug-likeness (QED) is 0.856. The number of aliphatic carboxylic acids is 1. The molecule has 0 aliphatic carbocycles. The molecule has 4 heteroatoms. The monoisotopic (exact) mass is 311 g/mol. The molecule has 2 aromatic carbocycles. The van der Waals surface area contributed by atoms with E-state index in [-0.39, 0.29) is 5.91 Å². The van der Waals surface area contributed by atoms with Gasteiger partial charge in [-0.3, -0.25) is 9.59 Å². The first-order valence-corrected chi connectivity index (χ1v) is 7.70. The fourth-order valence-electron chi connectivity index (χ4n) is 2.45. The first-order chi connectivity index (χ1) is 11.0. The van der Waals surface area contributed by atoms with Crippen molar-refractivity contribution in [2.75, 3.05) is 5.32 Å². The molecule has 0 aliphatic heterocycles. The second-order valence-electron chi connectivity index (χ2n) is 5.53. The Labute approximate surface area is 136 Å². The van der Waals surface area contributed by atoms with E-state index in [1.165, 1.54) is 5.56 Å². The number of hydrogen-bond acceptors (Lipinski definition) is 2. The van der Waals surface area contributed by atoms with Crippen LogP contribution in [0.25, 0.3) is 0 Å². The Morgan fingerprint density at radius 2 is 1.65 bits per heavy atom. The maximum Gasteiger partial charge on any atom is 0.310 e. The number of carbonyl (C=O) groups excluding carboxylic acids is 1. The molecule has 23 heavy (non-hydrogen) atoms. The number of carbonyl (C=O) groups is 2. The molecule has 0 saturated carbocycles. The maximum atomic E-state index is 12.2. The third-order valence-electron chi connectivity index (χ3n) is 3.92. The lowest BCUT2D eigenvalue weighted by Gasteiger charge is -2.10. The molecule has 0 heterocycles. The van der Waals surface area contributed by atoms with Crippen LogP contribution in [0.5, 0.6) is 0 Å². The molecule has 0 aliphatic rings. The number of rotatable bonds is 6. The van der Waals surface area contributed by atoms with Crippen LogP contribution in [0.1, 0.15) is 36.5 Å². The number of anilines is 1. The van der Waals surface area contributed by atoms with Gasteiger partial charge >= 0.3 is 5.97 Å². The summed E-state index contributed by atoms with van der Waals surface area (Å²) in [6, 6.07) is 14.8. The first-order valence-electron chi connectivity index (χ1n) is 7.70. The van der Waals surface area contributed by atoms with Crippen molar-refractivity contribution < 1.29 is 14.7 Å². The molecule has 4 nitrogen and oxygen atoms in total. The smallest absolute Gasteiger partial charge is 0.310 e. The summed E-state index contributed by atoms with van der Waals surface area (Å²) in [6.45, 7) is 3.71. The summed E-state index contributed by atoms with van der Waals surface area (Å²) in [5.74, 6) is -1.50. The molecule has 2 rings (SSSR count). The highest BCUT2D eigenvalue weighted by Crippen LogP contribution is 2.18. The molecule has 2 N–H and O–H groups in total. The minimum Gasteiger partial charge on any atom is -0.481 e. The lowest BCUT2D eigenvalue weighted by molar-refractivity contribution is -0.138. The van der Waals surface area contributed by atoms with E-state index in [1.807, 2.05) is 24.3 Å². The normalized spacial score (nSPS) is 11.7. The molecule has 0 radical (unpaired) electrons. The lowest BCUT2D eigenvalue weighted by Crippen LogP contribution is -2.15.